The molecule has 1 aromatic rings. The maximum atomic E-state index is 12.3. The summed E-state index contributed by atoms with van der Waals surface area (Å²) in [6, 6.07) is 3.95. The molecule has 0 bridgehead atoms. The van der Waals surface area contributed by atoms with E-state index >= 15 is 0 Å². The Morgan fingerprint density at radius 2 is 2.09 bits per heavy atom. The molecule has 1 spiro atoms. The fraction of sp³-hybridized carbons (Fsp3) is 0.667. The molecule has 5 heteroatoms. The number of hydrogen-bond acceptors (Lipinski definition) is 4. The molecule has 1 saturated carbocycles. The van der Waals surface area contributed by atoms with Crippen molar-refractivity contribution in [1.29, 1.82) is 0 Å². The zero-order valence-corrected chi connectivity index (χ0v) is 13.4. The first-order valence-electron chi connectivity index (χ1n) is 8.66. The Balaban J connectivity index is 1.27. The molecule has 2 aliphatic heterocycles. The third-order valence-corrected chi connectivity index (χ3v) is 5.62. The van der Waals surface area contributed by atoms with Crippen LogP contribution < -0.4 is 0 Å². The van der Waals surface area contributed by atoms with Crippen LogP contribution >= 0.6 is 0 Å². The summed E-state index contributed by atoms with van der Waals surface area (Å²) in [7, 11) is 0. The first-order chi connectivity index (χ1) is 11.3. The molecule has 124 valence electrons. The number of amides is 1. The fourth-order valence-corrected chi connectivity index (χ4v) is 3.84. The van der Waals surface area contributed by atoms with Crippen molar-refractivity contribution < 1.29 is 14.3 Å². The number of aromatic nitrogens is 1. The van der Waals surface area contributed by atoms with E-state index in [4.69, 9.17) is 9.47 Å². The van der Waals surface area contributed by atoms with Crippen molar-refractivity contribution in [1.82, 2.24) is 9.88 Å². The van der Waals surface area contributed by atoms with Crippen LogP contribution in [-0.4, -0.2) is 47.7 Å². The zero-order chi connectivity index (χ0) is 15.7. The van der Waals surface area contributed by atoms with E-state index in [0.717, 1.165) is 44.5 Å². The van der Waals surface area contributed by atoms with Crippen molar-refractivity contribution in [2.45, 2.75) is 37.9 Å². The van der Waals surface area contributed by atoms with Crippen LogP contribution in [0, 0.1) is 11.8 Å². The molecule has 3 aliphatic rings. The number of pyridine rings is 1. The maximum Gasteiger partial charge on any atom is 0.225 e. The minimum Gasteiger partial charge on any atom is -0.376 e. The van der Waals surface area contributed by atoms with E-state index in [1.54, 1.807) is 12.4 Å². The van der Waals surface area contributed by atoms with E-state index in [0.29, 0.717) is 25.0 Å². The van der Waals surface area contributed by atoms with Crippen LogP contribution in [-0.2, 0) is 20.9 Å². The van der Waals surface area contributed by atoms with Gasteiger partial charge in [0, 0.05) is 30.8 Å². The van der Waals surface area contributed by atoms with Gasteiger partial charge in [-0.15, -0.1) is 0 Å². The van der Waals surface area contributed by atoms with Crippen LogP contribution in [0.4, 0.5) is 0 Å². The minimum absolute atomic E-state index is 0.141. The maximum absolute atomic E-state index is 12.3. The Kier molecular flexibility index (Phi) is 4.07. The van der Waals surface area contributed by atoms with Gasteiger partial charge < -0.3 is 14.4 Å². The summed E-state index contributed by atoms with van der Waals surface area (Å²) in [6.45, 7) is 3.61. The molecule has 3 fully saturated rings. The highest BCUT2D eigenvalue weighted by Gasteiger charge is 2.55. The lowest BCUT2D eigenvalue weighted by Gasteiger charge is -2.51. The molecule has 1 atom stereocenters. The summed E-state index contributed by atoms with van der Waals surface area (Å²) in [4.78, 5) is 18.3. The number of ether oxygens (including phenoxy) is 2. The first kappa shape index (κ1) is 15.1. The van der Waals surface area contributed by atoms with Crippen LogP contribution in [0.2, 0.25) is 0 Å². The summed E-state index contributed by atoms with van der Waals surface area (Å²) in [6.07, 6.45) is 7.95. The number of likely N-dealkylation sites (tertiary alicyclic amines) is 1. The van der Waals surface area contributed by atoms with Crippen molar-refractivity contribution in [3.63, 3.8) is 0 Å². The molecular formula is C18H24N2O3. The highest BCUT2D eigenvalue weighted by molar-refractivity contribution is 5.80. The molecule has 23 heavy (non-hydrogen) atoms. The van der Waals surface area contributed by atoms with Gasteiger partial charge in [0.2, 0.25) is 5.91 Å². The predicted octanol–water partition coefficient (Wildman–Crippen LogP) is 2.02. The van der Waals surface area contributed by atoms with Crippen LogP contribution in [0.1, 0.15) is 31.2 Å². The molecule has 1 amide bonds. The lowest BCUT2D eigenvalue weighted by molar-refractivity contribution is -0.174. The van der Waals surface area contributed by atoms with Gasteiger partial charge in [-0.3, -0.25) is 9.78 Å². The van der Waals surface area contributed by atoms with E-state index in [9.17, 15) is 4.79 Å². The number of hydrogen-bond donors (Lipinski definition) is 0. The fourth-order valence-electron chi connectivity index (χ4n) is 3.84. The second-order valence-electron chi connectivity index (χ2n) is 7.09. The van der Waals surface area contributed by atoms with Gasteiger partial charge >= 0.3 is 0 Å². The summed E-state index contributed by atoms with van der Waals surface area (Å²) in [5.74, 6) is 1.03. The van der Waals surface area contributed by atoms with Crippen molar-refractivity contribution >= 4 is 5.91 Å². The van der Waals surface area contributed by atoms with E-state index in [-0.39, 0.29) is 11.5 Å². The molecule has 0 unspecified atom stereocenters. The second-order valence-corrected chi connectivity index (χ2v) is 7.09. The number of rotatable bonds is 5. The molecule has 0 aromatic carbocycles. The third-order valence-electron chi connectivity index (χ3n) is 5.62. The number of carbonyl (C=O) groups is 1. The molecule has 0 radical (unpaired) electrons. The van der Waals surface area contributed by atoms with Gasteiger partial charge in [0.25, 0.3) is 0 Å². The summed E-state index contributed by atoms with van der Waals surface area (Å²) < 4.78 is 11.9. The van der Waals surface area contributed by atoms with Crippen LogP contribution in [0.5, 0.6) is 0 Å². The normalized spacial score (nSPS) is 26.1. The van der Waals surface area contributed by atoms with Crippen LogP contribution in [0.15, 0.2) is 24.5 Å². The largest absolute Gasteiger partial charge is 0.376 e. The van der Waals surface area contributed by atoms with Crippen LogP contribution in [0.3, 0.4) is 0 Å². The predicted molar refractivity (Wildman–Crippen MR) is 84.6 cm³/mol. The van der Waals surface area contributed by atoms with Gasteiger partial charge in [-0.2, -0.15) is 0 Å². The summed E-state index contributed by atoms with van der Waals surface area (Å²) >= 11 is 0. The van der Waals surface area contributed by atoms with Gasteiger partial charge in [-0.25, -0.2) is 0 Å². The van der Waals surface area contributed by atoms with Gasteiger partial charge in [0.05, 0.1) is 26.3 Å². The molecule has 1 aliphatic carbocycles. The number of carbonyl (C=O) groups excluding carboxylic acids is 1. The summed E-state index contributed by atoms with van der Waals surface area (Å²) in [5, 5.41) is 0. The average molecular weight is 316 g/mol. The Hall–Kier alpha value is -1.46. The van der Waals surface area contributed by atoms with E-state index < -0.39 is 0 Å². The monoisotopic (exact) mass is 316 g/mol. The SMILES string of the molecule is O=C(C1CCC1)N1CC2(C1)OCC[C@@H]2COCc1ccncc1. The molecule has 1 aromatic heterocycles. The molecular weight excluding hydrogens is 292 g/mol. The lowest BCUT2D eigenvalue weighted by atomic mass is 9.78. The van der Waals surface area contributed by atoms with E-state index in [1.165, 1.54) is 6.42 Å². The Morgan fingerprint density at radius 1 is 1.30 bits per heavy atom. The molecule has 4 rings (SSSR count). The quantitative estimate of drug-likeness (QED) is 0.834. The highest BCUT2D eigenvalue weighted by atomic mass is 16.5. The Labute approximate surface area is 137 Å². The van der Waals surface area contributed by atoms with E-state index in [1.807, 2.05) is 17.0 Å². The van der Waals surface area contributed by atoms with Gasteiger partial charge in [0.1, 0.15) is 5.60 Å². The van der Waals surface area contributed by atoms with Crippen molar-refractivity contribution in [3.05, 3.63) is 30.1 Å². The van der Waals surface area contributed by atoms with Gasteiger partial charge in [-0.1, -0.05) is 6.42 Å². The molecule has 0 N–H and O–H groups in total. The van der Waals surface area contributed by atoms with Crippen molar-refractivity contribution in [3.8, 4) is 0 Å². The third kappa shape index (κ3) is 2.88. The Bertz CT molecular complexity index is 553. The van der Waals surface area contributed by atoms with Crippen molar-refractivity contribution in [2.24, 2.45) is 11.8 Å². The van der Waals surface area contributed by atoms with Crippen molar-refractivity contribution in [2.75, 3.05) is 26.3 Å². The van der Waals surface area contributed by atoms with Gasteiger partial charge in [0.15, 0.2) is 0 Å². The molecule has 5 nitrogen and oxygen atoms in total. The summed E-state index contributed by atoms with van der Waals surface area (Å²) in [5.41, 5.74) is 1.00. The molecule has 2 saturated heterocycles. The zero-order valence-electron chi connectivity index (χ0n) is 13.4. The average Bonchev–Trinajstić information content (AvgIpc) is 2.89. The smallest absolute Gasteiger partial charge is 0.225 e. The highest BCUT2D eigenvalue weighted by Crippen LogP contribution is 2.42. The molecule has 3 heterocycles. The van der Waals surface area contributed by atoms with Gasteiger partial charge in [-0.05, 0) is 37.0 Å². The second kappa shape index (κ2) is 6.21. The standard InChI is InChI=1S/C18H24N2O3/c21-17(15-2-1-3-15)20-12-18(13-20)16(6-9-23-18)11-22-10-14-4-7-19-8-5-14/h4-5,7-8,15-16H,1-3,6,9-13H2/t16-/m1/s1. The minimum atomic E-state index is -0.141. The van der Waals surface area contributed by atoms with E-state index in [2.05, 4.69) is 4.98 Å². The Morgan fingerprint density at radius 3 is 2.78 bits per heavy atom. The topological polar surface area (TPSA) is 51.7 Å². The lowest BCUT2D eigenvalue weighted by Crippen LogP contribution is -2.67. The number of nitrogens with zero attached hydrogens (tertiary/aromatic N) is 2. The van der Waals surface area contributed by atoms with Crippen LogP contribution in [0.25, 0.3) is 0 Å². The first-order valence-corrected chi connectivity index (χ1v) is 8.66.